The van der Waals surface area contributed by atoms with Crippen molar-refractivity contribution in [3.63, 3.8) is 0 Å². The molecule has 0 aliphatic carbocycles. The number of fused-ring (bicyclic) bond motifs is 1. The number of aryl methyl sites for hydroxylation is 1. The molecular weight excluding hydrogens is 495 g/mol. The molecular formula is C25H20F6N3NaO. The van der Waals surface area contributed by atoms with Gasteiger partial charge in [0.25, 0.3) is 0 Å². The first kappa shape index (κ1) is 27.8. The van der Waals surface area contributed by atoms with Gasteiger partial charge in [0.05, 0.1) is 27.7 Å². The number of nitriles is 1. The van der Waals surface area contributed by atoms with Gasteiger partial charge in [-0.05, 0) is 36.2 Å². The molecule has 0 unspecified atom stereocenters. The summed E-state index contributed by atoms with van der Waals surface area (Å²) < 4.78 is 88.4. The van der Waals surface area contributed by atoms with E-state index in [1.165, 1.54) is 18.2 Å². The molecule has 0 aliphatic rings. The minimum absolute atomic E-state index is 0. The Morgan fingerprint density at radius 1 is 0.944 bits per heavy atom. The summed E-state index contributed by atoms with van der Waals surface area (Å²) in [6.45, 7) is 7.02. The monoisotopic (exact) mass is 515 g/mol. The molecule has 0 amide bonds. The van der Waals surface area contributed by atoms with E-state index in [4.69, 9.17) is 4.42 Å². The van der Waals surface area contributed by atoms with Crippen molar-refractivity contribution in [2.24, 2.45) is 0 Å². The van der Waals surface area contributed by atoms with E-state index >= 15 is 0 Å². The van der Waals surface area contributed by atoms with Gasteiger partial charge < -0.3 is 9.40 Å². The van der Waals surface area contributed by atoms with Crippen molar-refractivity contribution in [1.82, 2.24) is 9.97 Å². The van der Waals surface area contributed by atoms with Crippen LogP contribution in [-0.4, -0.2) is 39.5 Å². The normalized spacial score (nSPS) is 12.5. The van der Waals surface area contributed by atoms with E-state index in [9.17, 15) is 31.6 Å². The fourth-order valence-electron chi connectivity index (χ4n) is 4.06. The maximum atomic E-state index is 14.0. The van der Waals surface area contributed by atoms with Gasteiger partial charge in [-0.3, -0.25) is 0 Å². The Labute approximate surface area is 224 Å². The molecule has 0 bridgehead atoms. The van der Waals surface area contributed by atoms with Gasteiger partial charge in [0.1, 0.15) is 29.0 Å². The summed E-state index contributed by atoms with van der Waals surface area (Å²) in [5.41, 5.74) is -3.73. The molecule has 184 valence electrons. The van der Waals surface area contributed by atoms with Gasteiger partial charge in [-0.1, -0.05) is 39.0 Å². The Morgan fingerprint density at radius 2 is 1.56 bits per heavy atom. The molecule has 1 N–H and O–H groups in total. The summed E-state index contributed by atoms with van der Waals surface area (Å²) in [5, 5.41) is 9.76. The van der Waals surface area contributed by atoms with Gasteiger partial charge in [-0.2, -0.15) is 31.6 Å². The van der Waals surface area contributed by atoms with Crippen LogP contribution in [-0.2, 0) is 17.8 Å². The molecule has 0 saturated heterocycles. The van der Waals surface area contributed by atoms with Gasteiger partial charge in [0, 0.05) is 5.41 Å². The van der Waals surface area contributed by atoms with E-state index in [2.05, 4.69) is 9.97 Å². The van der Waals surface area contributed by atoms with E-state index in [0.29, 0.717) is 11.8 Å². The summed E-state index contributed by atoms with van der Waals surface area (Å²) in [7, 11) is 0. The molecule has 2 heterocycles. The number of nitrogens with one attached hydrogen (secondary N) is 1. The number of halogens is 6. The van der Waals surface area contributed by atoms with Crippen LogP contribution in [0.2, 0.25) is 0 Å². The maximum absolute atomic E-state index is 14.0. The summed E-state index contributed by atoms with van der Waals surface area (Å²) >= 11 is 0. The predicted octanol–water partition coefficient (Wildman–Crippen LogP) is 7.36. The molecule has 4 nitrogen and oxygen atoms in total. The molecule has 4 aromatic rings. The number of benzene rings is 2. The first-order chi connectivity index (χ1) is 16.1. The molecule has 0 atom stereocenters. The third kappa shape index (κ3) is 4.92. The molecule has 2 aromatic carbocycles. The number of rotatable bonds is 2. The topological polar surface area (TPSA) is 65.6 Å². The number of aromatic amines is 1. The van der Waals surface area contributed by atoms with E-state index in [1.807, 2.05) is 26.8 Å². The number of furan rings is 1. The van der Waals surface area contributed by atoms with Gasteiger partial charge in [0.15, 0.2) is 0 Å². The van der Waals surface area contributed by atoms with Crippen LogP contribution in [0.15, 0.2) is 40.8 Å². The minimum atomic E-state index is -4.88. The van der Waals surface area contributed by atoms with Gasteiger partial charge >= 0.3 is 41.9 Å². The van der Waals surface area contributed by atoms with E-state index in [0.717, 1.165) is 12.1 Å². The fraction of sp³-hybridized carbons (Fsp3) is 0.280. The number of alkyl halides is 6. The Bertz CT molecular complexity index is 1480. The molecule has 0 aliphatic heterocycles. The third-order valence-electron chi connectivity index (χ3n) is 5.56. The fourth-order valence-corrected chi connectivity index (χ4v) is 4.06. The number of aromatic nitrogens is 2. The molecule has 4 rings (SSSR count). The number of imidazole rings is 1. The summed E-state index contributed by atoms with van der Waals surface area (Å²) in [6, 6.07) is 8.29. The summed E-state index contributed by atoms with van der Waals surface area (Å²) in [6.07, 6.45) is -9.65. The molecule has 0 spiro atoms. The first-order valence-corrected chi connectivity index (χ1v) is 10.4. The van der Waals surface area contributed by atoms with Gasteiger partial charge in [0.2, 0.25) is 0 Å². The van der Waals surface area contributed by atoms with Gasteiger partial charge in [-0.25, -0.2) is 4.98 Å². The van der Waals surface area contributed by atoms with Crippen LogP contribution in [0.1, 0.15) is 49.0 Å². The van der Waals surface area contributed by atoms with Crippen LogP contribution in [0.4, 0.5) is 26.3 Å². The van der Waals surface area contributed by atoms with Crippen molar-refractivity contribution < 1.29 is 30.8 Å². The zero-order chi connectivity index (χ0) is 25.9. The second-order valence-corrected chi connectivity index (χ2v) is 9.14. The number of hydrogen-bond donors (Lipinski definition) is 1. The predicted molar refractivity (Wildman–Crippen MR) is 125 cm³/mol. The van der Waals surface area contributed by atoms with Crippen LogP contribution < -0.4 is 0 Å². The molecule has 11 heteroatoms. The Hall–Kier alpha value is -2.74. The standard InChI is InChI=1S/C25H19F6N3O.Na.H/c1-12-19(15(11-32)21(35-12)23(2,3)4)22-33-18-10-13(9-17(20(18)34-22)25(29,30)31)14-7-5-6-8-16(14)24(26,27)28;;/h5-10H,1-4H3,(H,33,34);;. The zero-order valence-electron chi connectivity index (χ0n) is 19.0. The average molecular weight is 515 g/mol. The van der Waals surface area contributed by atoms with E-state index in [1.54, 1.807) is 6.92 Å². The molecule has 36 heavy (non-hydrogen) atoms. The Balaban J connectivity index is 0.00000361. The summed E-state index contributed by atoms with van der Waals surface area (Å²) in [5.74, 6) is 0.589. The first-order valence-electron chi connectivity index (χ1n) is 10.4. The second-order valence-electron chi connectivity index (χ2n) is 9.14. The summed E-state index contributed by atoms with van der Waals surface area (Å²) in [4.78, 5) is 6.88. The second kappa shape index (κ2) is 9.29. The Morgan fingerprint density at radius 3 is 2.11 bits per heavy atom. The quantitative estimate of drug-likeness (QED) is 0.224. The third-order valence-corrected chi connectivity index (χ3v) is 5.56. The van der Waals surface area contributed by atoms with Crippen LogP contribution in [0.3, 0.4) is 0 Å². The van der Waals surface area contributed by atoms with E-state index in [-0.39, 0.29) is 63.3 Å². The molecule has 2 aromatic heterocycles. The van der Waals surface area contributed by atoms with Crippen molar-refractivity contribution in [2.45, 2.75) is 45.5 Å². The average Bonchev–Trinajstić information content (AvgIpc) is 3.31. The molecule has 0 saturated carbocycles. The van der Waals surface area contributed by atoms with Crippen LogP contribution in [0, 0.1) is 18.3 Å². The van der Waals surface area contributed by atoms with Crippen LogP contribution in [0.25, 0.3) is 33.5 Å². The SMILES string of the molecule is Cc1oc(C(C)(C)C)c(C#N)c1-c1nc2cc(-c3ccccc3C(F)(F)F)cc(C(F)(F)F)c2[nH]1.[NaH]. The molecule has 0 radical (unpaired) electrons. The van der Waals surface area contributed by atoms with Crippen molar-refractivity contribution in [3.8, 4) is 28.6 Å². The van der Waals surface area contributed by atoms with Crippen LogP contribution in [0.5, 0.6) is 0 Å². The number of hydrogen-bond acceptors (Lipinski definition) is 3. The van der Waals surface area contributed by atoms with Crippen molar-refractivity contribution in [2.75, 3.05) is 0 Å². The zero-order valence-corrected chi connectivity index (χ0v) is 19.0. The van der Waals surface area contributed by atoms with Gasteiger partial charge in [-0.15, -0.1) is 0 Å². The van der Waals surface area contributed by atoms with Crippen molar-refractivity contribution in [3.05, 3.63) is 64.6 Å². The number of H-pyrrole nitrogens is 1. The molecule has 0 fully saturated rings. The van der Waals surface area contributed by atoms with Crippen molar-refractivity contribution in [1.29, 1.82) is 5.26 Å². The number of nitrogens with zero attached hydrogens (tertiary/aromatic N) is 2. The Kier molecular flexibility index (Phi) is 7.18. The van der Waals surface area contributed by atoms with Crippen molar-refractivity contribution >= 4 is 40.6 Å². The van der Waals surface area contributed by atoms with Crippen LogP contribution >= 0.6 is 0 Å². The van der Waals surface area contributed by atoms with E-state index < -0.39 is 40.0 Å².